The van der Waals surface area contributed by atoms with Gasteiger partial charge >= 0.3 is 0 Å². The molecule has 3 aliphatic carbocycles. The van der Waals surface area contributed by atoms with Crippen LogP contribution in [0.1, 0.15) is 53.1 Å². The molecule has 1 heteroatoms. The second kappa shape index (κ2) is 4.99. The molecule has 124 valence electrons. The van der Waals surface area contributed by atoms with E-state index in [1.54, 1.807) is 0 Å². The smallest absolute Gasteiger partial charge is 0.0522 e. The van der Waals surface area contributed by atoms with Crippen molar-refractivity contribution in [1.82, 2.24) is 0 Å². The highest BCUT2D eigenvalue weighted by Crippen LogP contribution is 2.64. The van der Waals surface area contributed by atoms with Gasteiger partial charge in [0.1, 0.15) is 0 Å². The Balaban J connectivity index is 2.03. The van der Waals surface area contributed by atoms with Gasteiger partial charge in [-0.1, -0.05) is 86.6 Å². The SMILES string of the molecule is CC(C)(CCl)C12c3ccccc3C(c3ccccc31)c1ccccc12. The maximum atomic E-state index is 6.61. The van der Waals surface area contributed by atoms with E-state index >= 15 is 0 Å². The molecule has 0 aromatic heterocycles. The van der Waals surface area contributed by atoms with Crippen molar-refractivity contribution in [3.8, 4) is 0 Å². The van der Waals surface area contributed by atoms with Crippen molar-refractivity contribution in [3.63, 3.8) is 0 Å². The number of rotatable bonds is 2. The van der Waals surface area contributed by atoms with Gasteiger partial charge in [0.2, 0.25) is 0 Å². The van der Waals surface area contributed by atoms with Gasteiger partial charge in [0.15, 0.2) is 0 Å². The first-order valence-electron chi connectivity index (χ1n) is 8.97. The molecule has 0 atom stereocenters. The van der Waals surface area contributed by atoms with E-state index in [0.29, 0.717) is 11.8 Å². The fraction of sp³-hybridized carbons (Fsp3) is 0.250. The lowest BCUT2D eigenvalue weighted by Crippen LogP contribution is -2.52. The van der Waals surface area contributed by atoms with Crippen LogP contribution in [0, 0.1) is 5.41 Å². The minimum Gasteiger partial charge on any atom is -0.126 e. The number of hydrogen-bond donors (Lipinski definition) is 0. The molecule has 6 rings (SSSR count). The maximum Gasteiger partial charge on any atom is 0.0522 e. The molecule has 0 radical (unpaired) electrons. The summed E-state index contributed by atoms with van der Waals surface area (Å²) in [4.78, 5) is 0. The first-order valence-corrected chi connectivity index (χ1v) is 9.50. The second-order valence-electron chi connectivity index (χ2n) is 7.96. The molecule has 0 nitrogen and oxygen atoms in total. The van der Waals surface area contributed by atoms with E-state index in [1.807, 2.05) is 0 Å². The van der Waals surface area contributed by atoms with Crippen LogP contribution in [0.3, 0.4) is 0 Å². The minimum atomic E-state index is -0.201. The van der Waals surface area contributed by atoms with Gasteiger partial charge in [-0.05, 0) is 38.8 Å². The van der Waals surface area contributed by atoms with Crippen molar-refractivity contribution in [2.45, 2.75) is 25.2 Å². The number of hydrogen-bond acceptors (Lipinski definition) is 0. The Kier molecular flexibility index (Phi) is 3.04. The normalized spacial score (nSPS) is 22.9. The highest BCUT2D eigenvalue weighted by atomic mass is 35.5. The van der Waals surface area contributed by atoms with Crippen LogP contribution in [-0.4, -0.2) is 5.88 Å². The van der Waals surface area contributed by atoms with Crippen LogP contribution in [0.4, 0.5) is 0 Å². The first-order chi connectivity index (χ1) is 12.1. The van der Waals surface area contributed by atoms with Crippen LogP contribution in [0.2, 0.25) is 0 Å². The number of halogens is 1. The zero-order valence-corrected chi connectivity index (χ0v) is 15.3. The summed E-state index contributed by atoms with van der Waals surface area (Å²) in [7, 11) is 0. The van der Waals surface area contributed by atoms with Crippen molar-refractivity contribution in [3.05, 3.63) is 106 Å². The standard InChI is InChI=1S/C24H21Cl/c1-23(2,15-25)24-19-12-6-3-9-16(19)22(17-10-4-7-13-20(17)24)18-11-5-8-14-21(18)24/h3-14,22H,15H2,1-2H3. The van der Waals surface area contributed by atoms with Gasteiger partial charge < -0.3 is 0 Å². The fourth-order valence-electron chi connectivity index (χ4n) is 5.40. The third kappa shape index (κ3) is 1.64. The van der Waals surface area contributed by atoms with Crippen molar-refractivity contribution in [2.24, 2.45) is 5.41 Å². The Morgan fingerprint density at radius 3 is 1.44 bits per heavy atom. The molecule has 0 N–H and O–H groups in total. The largest absolute Gasteiger partial charge is 0.126 e. The molecule has 0 heterocycles. The molecular weight excluding hydrogens is 324 g/mol. The minimum absolute atomic E-state index is 0.109. The molecule has 3 aliphatic rings. The average Bonchev–Trinajstić information content (AvgIpc) is 2.67. The zero-order chi connectivity index (χ0) is 17.2. The lowest BCUT2D eigenvalue weighted by molar-refractivity contribution is 0.260. The summed E-state index contributed by atoms with van der Waals surface area (Å²) in [6.45, 7) is 4.63. The summed E-state index contributed by atoms with van der Waals surface area (Å²) in [5.74, 6) is 0.936. The lowest BCUT2D eigenvalue weighted by atomic mass is 9.45. The second-order valence-corrected chi connectivity index (χ2v) is 8.23. The van der Waals surface area contributed by atoms with Gasteiger partial charge in [-0.3, -0.25) is 0 Å². The third-order valence-electron chi connectivity index (χ3n) is 6.38. The third-order valence-corrected chi connectivity index (χ3v) is 7.04. The number of alkyl halides is 1. The van der Waals surface area contributed by atoms with Crippen molar-refractivity contribution in [2.75, 3.05) is 5.88 Å². The van der Waals surface area contributed by atoms with Gasteiger partial charge in [0.25, 0.3) is 0 Å². The Morgan fingerprint density at radius 1 is 0.720 bits per heavy atom. The molecule has 0 unspecified atom stereocenters. The first kappa shape index (κ1) is 15.2. The summed E-state index contributed by atoms with van der Waals surface area (Å²) >= 11 is 6.61. The summed E-state index contributed by atoms with van der Waals surface area (Å²) in [5.41, 5.74) is 8.32. The topological polar surface area (TPSA) is 0 Å². The maximum absolute atomic E-state index is 6.61. The summed E-state index contributed by atoms with van der Waals surface area (Å²) in [6.07, 6.45) is 0. The predicted molar refractivity (Wildman–Crippen MR) is 105 cm³/mol. The molecule has 0 fully saturated rings. The highest BCUT2D eigenvalue weighted by Gasteiger charge is 2.58. The monoisotopic (exact) mass is 344 g/mol. The molecular formula is C24H21Cl. The van der Waals surface area contributed by atoms with Crippen LogP contribution >= 0.6 is 11.6 Å². The van der Waals surface area contributed by atoms with Gasteiger partial charge in [-0.2, -0.15) is 0 Å². The molecule has 0 saturated heterocycles. The Morgan fingerprint density at radius 2 is 1.08 bits per heavy atom. The summed E-state index contributed by atoms with van der Waals surface area (Å²) < 4.78 is 0. The van der Waals surface area contributed by atoms with Gasteiger partial charge in [0.05, 0.1) is 5.41 Å². The summed E-state index contributed by atoms with van der Waals surface area (Å²) in [5, 5.41) is 0. The van der Waals surface area contributed by atoms with Gasteiger partial charge in [-0.25, -0.2) is 0 Å². The average molecular weight is 345 g/mol. The van der Waals surface area contributed by atoms with E-state index in [0.717, 1.165) is 0 Å². The number of benzene rings is 3. The molecule has 0 amide bonds. The van der Waals surface area contributed by atoms with Crippen LogP contribution < -0.4 is 0 Å². The lowest BCUT2D eigenvalue weighted by Gasteiger charge is -2.57. The van der Waals surface area contributed by atoms with Crippen molar-refractivity contribution < 1.29 is 0 Å². The zero-order valence-electron chi connectivity index (χ0n) is 14.6. The van der Waals surface area contributed by atoms with Crippen LogP contribution in [0.15, 0.2) is 72.8 Å². The van der Waals surface area contributed by atoms with E-state index in [2.05, 4.69) is 86.6 Å². The molecule has 25 heavy (non-hydrogen) atoms. The van der Waals surface area contributed by atoms with Crippen molar-refractivity contribution >= 4 is 11.6 Å². The van der Waals surface area contributed by atoms with E-state index in [9.17, 15) is 0 Å². The van der Waals surface area contributed by atoms with E-state index < -0.39 is 0 Å². The summed E-state index contributed by atoms with van der Waals surface area (Å²) in [6, 6.07) is 26.9. The Hall–Kier alpha value is -2.05. The van der Waals surface area contributed by atoms with Crippen LogP contribution in [0.25, 0.3) is 0 Å². The van der Waals surface area contributed by atoms with E-state index in [-0.39, 0.29) is 10.8 Å². The van der Waals surface area contributed by atoms with E-state index in [1.165, 1.54) is 33.4 Å². The highest BCUT2D eigenvalue weighted by molar-refractivity contribution is 6.18. The predicted octanol–water partition coefficient (Wildman–Crippen LogP) is 6.09. The Bertz CT molecular complexity index is 867. The van der Waals surface area contributed by atoms with Gasteiger partial charge in [0, 0.05) is 11.8 Å². The molecule has 0 aliphatic heterocycles. The van der Waals surface area contributed by atoms with Crippen molar-refractivity contribution in [1.29, 1.82) is 0 Å². The molecule has 0 spiro atoms. The van der Waals surface area contributed by atoms with Crippen LogP contribution in [-0.2, 0) is 5.41 Å². The quantitative estimate of drug-likeness (QED) is 0.493. The molecule has 3 aromatic carbocycles. The molecule has 2 bridgehead atoms. The van der Waals surface area contributed by atoms with E-state index in [4.69, 9.17) is 11.6 Å². The Labute approximate surface area is 154 Å². The van der Waals surface area contributed by atoms with Crippen LogP contribution in [0.5, 0.6) is 0 Å². The molecule has 3 aromatic rings. The van der Waals surface area contributed by atoms with Gasteiger partial charge in [-0.15, -0.1) is 11.6 Å². The molecule has 0 saturated carbocycles. The fourth-order valence-corrected chi connectivity index (χ4v) is 5.60.